The van der Waals surface area contributed by atoms with Gasteiger partial charge in [-0.15, -0.1) is 0 Å². The Hall–Kier alpha value is -0.770. The molecule has 0 fully saturated rings. The molecule has 72 valence electrons. The Balaban J connectivity index is 2.40. The summed E-state index contributed by atoms with van der Waals surface area (Å²) in [6, 6.07) is 0. The zero-order chi connectivity index (χ0) is 9.68. The molecule has 3 nitrogen and oxygen atoms in total. The van der Waals surface area contributed by atoms with Gasteiger partial charge in [-0.2, -0.15) is 16.7 Å². The molecule has 1 aromatic rings. The van der Waals surface area contributed by atoms with Gasteiger partial charge in [-0.25, -0.2) is 0 Å². The van der Waals surface area contributed by atoms with Gasteiger partial charge in [0.1, 0.15) is 0 Å². The highest BCUT2D eigenvalue weighted by molar-refractivity contribution is 7.99. The minimum absolute atomic E-state index is 0.500. The fourth-order valence-electron chi connectivity index (χ4n) is 0.744. The van der Waals surface area contributed by atoms with Gasteiger partial charge in [0.05, 0.1) is 5.75 Å². The van der Waals surface area contributed by atoms with E-state index in [4.69, 9.17) is 4.52 Å². The van der Waals surface area contributed by atoms with Gasteiger partial charge in [-0.3, -0.25) is 0 Å². The van der Waals surface area contributed by atoms with Crippen molar-refractivity contribution in [1.29, 1.82) is 0 Å². The van der Waals surface area contributed by atoms with E-state index in [0.29, 0.717) is 11.1 Å². The van der Waals surface area contributed by atoms with Crippen molar-refractivity contribution >= 4 is 17.8 Å². The van der Waals surface area contributed by atoms with Crippen molar-refractivity contribution in [2.24, 2.45) is 0 Å². The van der Waals surface area contributed by atoms with E-state index in [2.05, 4.69) is 30.6 Å². The topological polar surface area (TPSA) is 38.9 Å². The first-order chi connectivity index (χ1) is 6.26. The smallest absolute Gasteiger partial charge is 0.250 e. The quantitative estimate of drug-likeness (QED) is 0.729. The van der Waals surface area contributed by atoms with Gasteiger partial charge in [0.25, 0.3) is 0 Å². The molecule has 1 atom stereocenters. The Bertz CT molecular complexity index is 272. The molecule has 0 aliphatic rings. The van der Waals surface area contributed by atoms with E-state index in [1.54, 1.807) is 6.08 Å². The zero-order valence-electron chi connectivity index (χ0n) is 7.99. The lowest BCUT2D eigenvalue weighted by Gasteiger charge is -2.04. The van der Waals surface area contributed by atoms with Crippen LogP contribution in [0.25, 0.3) is 6.08 Å². The summed E-state index contributed by atoms with van der Waals surface area (Å²) in [4.78, 5) is 4.12. The number of hydrogen-bond donors (Lipinski definition) is 0. The van der Waals surface area contributed by atoms with Crippen LogP contribution >= 0.6 is 11.8 Å². The third kappa shape index (κ3) is 3.22. The molecule has 0 saturated heterocycles. The van der Waals surface area contributed by atoms with Crippen LogP contribution in [0.3, 0.4) is 0 Å². The summed E-state index contributed by atoms with van der Waals surface area (Å²) in [5.41, 5.74) is 0. The van der Waals surface area contributed by atoms with Crippen molar-refractivity contribution < 1.29 is 4.52 Å². The van der Waals surface area contributed by atoms with E-state index in [1.807, 2.05) is 11.8 Å². The van der Waals surface area contributed by atoms with Crippen molar-refractivity contribution in [3.05, 3.63) is 18.3 Å². The number of rotatable bonds is 5. The predicted octanol–water partition coefficient (Wildman–Crippen LogP) is 2.74. The van der Waals surface area contributed by atoms with Gasteiger partial charge >= 0.3 is 0 Å². The lowest BCUT2D eigenvalue weighted by molar-refractivity contribution is 0.405. The van der Waals surface area contributed by atoms with E-state index in [0.717, 1.165) is 18.0 Å². The predicted molar refractivity (Wildman–Crippen MR) is 55.4 cm³/mol. The van der Waals surface area contributed by atoms with Gasteiger partial charge in [0, 0.05) is 5.25 Å². The Morgan fingerprint density at radius 3 is 3.00 bits per heavy atom. The van der Waals surface area contributed by atoms with Crippen molar-refractivity contribution in [3.8, 4) is 0 Å². The standard InChI is InChI=1S/C9H14N2OS/c1-4-7(3)13-6-8-10-9(5-2)12-11-8/h5,7H,2,4,6H2,1,3H3. The highest BCUT2D eigenvalue weighted by Crippen LogP contribution is 2.17. The zero-order valence-corrected chi connectivity index (χ0v) is 8.80. The van der Waals surface area contributed by atoms with Crippen molar-refractivity contribution in [2.45, 2.75) is 31.3 Å². The average Bonchev–Trinajstić information content (AvgIpc) is 2.61. The van der Waals surface area contributed by atoms with Crippen LogP contribution in [0.4, 0.5) is 0 Å². The van der Waals surface area contributed by atoms with Gasteiger partial charge in [0.15, 0.2) is 5.82 Å². The van der Waals surface area contributed by atoms with Crippen LogP contribution in [0, 0.1) is 0 Å². The molecule has 0 bridgehead atoms. The first-order valence-electron chi connectivity index (χ1n) is 4.33. The van der Waals surface area contributed by atoms with Gasteiger partial charge in [-0.1, -0.05) is 25.6 Å². The van der Waals surface area contributed by atoms with E-state index in [-0.39, 0.29) is 0 Å². The largest absolute Gasteiger partial charge is 0.335 e. The summed E-state index contributed by atoms with van der Waals surface area (Å²) in [5.74, 6) is 2.06. The molecule has 0 amide bonds. The van der Waals surface area contributed by atoms with E-state index < -0.39 is 0 Å². The van der Waals surface area contributed by atoms with Crippen molar-refractivity contribution in [3.63, 3.8) is 0 Å². The number of nitrogens with zero attached hydrogens (tertiary/aromatic N) is 2. The van der Waals surface area contributed by atoms with Crippen LogP contribution in [0.1, 0.15) is 32.0 Å². The molecule has 0 aliphatic carbocycles. The minimum atomic E-state index is 0.500. The van der Waals surface area contributed by atoms with E-state index >= 15 is 0 Å². The van der Waals surface area contributed by atoms with Gasteiger partial charge < -0.3 is 4.52 Å². The van der Waals surface area contributed by atoms with Gasteiger partial charge in [-0.05, 0) is 12.5 Å². The molecule has 0 radical (unpaired) electrons. The van der Waals surface area contributed by atoms with E-state index in [9.17, 15) is 0 Å². The van der Waals surface area contributed by atoms with Crippen molar-refractivity contribution in [1.82, 2.24) is 10.1 Å². The molecule has 1 unspecified atom stereocenters. The molecule has 4 heteroatoms. The molecule has 1 aromatic heterocycles. The summed E-state index contributed by atoms with van der Waals surface area (Å²) < 4.78 is 4.89. The highest BCUT2D eigenvalue weighted by atomic mass is 32.2. The van der Waals surface area contributed by atoms with E-state index in [1.165, 1.54) is 0 Å². The maximum absolute atomic E-state index is 4.89. The van der Waals surface area contributed by atoms with Crippen LogP contribution < -0.4 is 0 Å². The number of thioether (sulfide) groups is 1. The normalized spacial score (nSPS) is 12.8. The van der Waals surface area contributed by atoms with Crippen molar-refractivity contribution in [2.75, 3.05) is 0 Å². The first-order valence-corrected chi connectivity index (χ1v) is 5.37. The maximum atomic E-state index is 4.89. The number of aromatic nitrogens is 2. The Morgan fingerprint density at radius 2 is 2.46 bits per heavy atom. The minimum Gasteiger partial charge on any atom is -0.335 e. The molecule has 1 rings (SSSR count). The molecular formula is C9H14N2OS. The first kappa shape index (κ1) is 10.3. The third-order valence-corrected chi connectivity index (χ3v) is 3.06. The van der Waals surface area contributed by atoms with Crippen LogP contribution in [0.5, 0.6) is 0 Å². The molecule has 13 heavy (non-hydrogen) atoms. The molecule has 0 aliphatic heterocycles. The lowest BCUT2D eigenvalue weighted by atomic mass is 10.4. The maximum Gasteiger partial charge on any atom is 0.250 e. The monoisotopic (exact) mass is 198 g/mol. The Morgan fingerprint density at radius 1 is 1.69 bits per heavy atom. The van der Waals surface area contributed by atoms with Crippen LogP contribution in [-0.2, 0) is 5.75 Å². The highest BCUT2D eigenvalue weighted by Gasteiger charge is 2.05. The second-order valence-electron chi connectivity index (χ2n) is 2.78. The van der Waals surface area contributed by atoms with Gasteiger partial charge in [0.2, 0.25) is 5.89 Å². The second kappa shape index (κ2) is 5.07. The third-order valence-electron chi connectivity index (χ3n) is 1.73. The second-order valence-corrected chi connectivity index (χ2v) is 4.21. The fraction of sp³-hybridized carbons (Fsp3) is 0.556. The molecule has 0 N–H and O–H groups in total. The molecule has 1 heterocycles. The molecule has 0 saturated carbocycles. The summed E-state index contributed by atoms with van der Waals surface area (Å²) in [7, 11) is 0. The Kier molecular flexibility index (Phi) is 4.02. The average molecular weight is 198 g/mol. The lowest BCUT2D eigenvalue weighted by Crippen LogP contribution is -1.94. The molecule has 0 aromatic carbocycles. The Labute approximate surface area is 82.6 Å². The number of hydrogen-bond acceptors (Lipinski definition) is 4. The molecular weight excluding hydrogens is 184 g/mol. The van der Waals surface area contributed by atoms with Crippen LogP contribution in [0.15, 0.2) is 11.1 Å². The summed E-state index contributed by atoms with van der Waals surface area (Å²) in [5, 5.41) is 4.46. The summed E-state index contributed by atoms with van der Waals surface area (Å²) in [6.07, 6.45) is 2.72. The fourth-order valence-corrected chi connectivity index (χ4v) is 1.53. The molecule has 0 spiro atoms. The van der Waals surface area contributed by atoms with Crippen LogP contribution in [0.2, 0.25) is 0 Å². The SMILES string of the molecule is C=Cc1nc(CSC(C)CC)no1. The summed E-state index contributed by atoms with van der Waals surface area (Å²) in [6.45, 7) is 7.92. The van der Waals surface area contributed by atoms with Crippen LogP contribution in [-0.4, -0.2) is 15.4 Å². The summed E-state index contributed by atoms with van der Waals surface area (Å²) >= 11 is 1.83.